The summed E-state index contributed by atoms with van der Waals surface area (Å²) in [5.74, 6) is 0.979. The van der Waals surface area contributed by atoms with E-state index < -0.39 is 0 Å². The molecule has 2 nitrogen and oxygen atoms in total. The Morgan fingerprint density at radius 1 is 1.31 bits per heavy atom. The molecule has 0 heterocycles. The third kappa shape index (κ3) is 2.91. The van der Waals surface area contributed by atoms with Crippen molar-refractivity contribution < 1.29 is 4.74 Å². The van der Waals surface area contributed by atoms with Gasteiger partial charge in [0.2, 0.25) is 0 Å². The lowest BCUT2D eigenvalue weighted by Gasteiger charge is -2.07. The highest BCUT2D eigenvalue weighted by molar-refractivity contribution is 7.78. The van der Waals surface area contributed by atoms with E-state index in [0.29, 0.717) is 13.2 Å². The molecule has 3 heteroatoms. The van der Waals surface area contributed by atoms with Crippen molar-refractivity contribution in [3.63, 3.8) is 0 Å². The lowest BCUT2D eigenvalue weighted by Crippen LogP contribution is -1.99. The topological polar surface area (TPSA) is 21.6 Å². The number of rotatable bonds is 5. The zero-order valence-corrected chi connectivity index (χ0v) is 10.1. The predicted octanol–water partition coefficient (Wildman–Crippen LogP) is 3.05. The summed E-state index contributed by atoms with van der Waals surface area (Å²) in [7, 11) is 0. The minimum absolute atomic E-state index is 0.694. The summed E-state index contributed by atoms with van der Waals surface area (Å²) in [6, 6.07) is 6.42. The van der Waals surface area contributed by atoms with E-state index in [0.717, 1.165) is 12.2 Å². The van der Waals surface area contributed by atoms with Crippen LogP contribution in [0.4, 0.5) is 0 Å². The van der Waals surface area contributed by atoms with Crippen molar-refractivity contribution in [1.29, 1.82) is 0 Å². The van der Waals surface area contributed by atoms with Crippen LogP contribution in [0.1, 0.15) is 24.0 Å². The molecular weight excluding hydrogens is 218 g/mol. The summed E-state index contributed by atoms with van der Waals surface area (Å²) >= 11 is 4.49. The van der Waals surface area contributed by atoms with E-state index in [-0.39, 0.29) is 0 Å². The summed E-state index contributed by atoms with van der Waals surface area (Å²) in [6.45, 7) is 1.40. The highest BCUT2D eigenvalue weighted by Crippen LogP contribution is 2.25. The maximum atomic E-state index is 5.66. The molecule has 0 radical (unpaired) electrons. The molecule has 0 saturated carbocycles. The van der Waals surface area contributed by atoms with Crippen molar-refractivity contribution in [3.05, 3.63) is 29.3 Å². The van der Waals surface area contributed by atoms with Crippen LogP contribution in [0.2, 0.25) is 0 Å². The van der Waals surface area contributed by atoms with Gasteiger partial charge in [0.1, 0.15) is 5.75 Å². The first kappa shape index (κ1) is 11.3. The molecule has 0 atom stereocenters. The Balaban J connectivity index is 1.83. The number of isothiocyanates is 1. The zero-order valence-electron chi connectivity index (χ0n) is 9.24. The lowest BCUT2D eigenvalue weighted by molar-refractivity contribution is 0.313. The lowest BCUT2D eigenvalue weighted by atomic mass is 10.1. The van der Waals surface area contributed by atoms with Gasteiger partial charge in [-0.2, -0.15) is 0 Å². The number of thiocarbonyl (C=S) groups is 1. The maximum Gasteiger partial charge on any atom is 0.119 e. The smallest absolute Gasteiger partial charge is 0.119 e. The SMILES string of the molecule is S=C=NCCCOc1ccc2c(c1)CCC2. The molecule has 1 aliphatic carbocycles. The zero-order chi connectivity index (χ0) is 11.2. The van der Waals surface area contributed by atoms with Gasteiger partial charge in [0.25, 0.3) is 0 Å². The molecule has 0 saturated heterocycles. The Labute approximate surface area is 101 Å². The van der Waals surface area contributed by atoms with Gasteiger partial charge in [-0.1, -0.05) is 6.07 Å². The first-order chi connectivity index (χ1) is 7.90. The quantitative estimate of drug-likeness (QED) is 0.443. The molecule has 0 N–H and O–H groups in total. The molecule has 16 heavy (non-hydrogen) atoms. The number of benzene rings is 1. The Bertz CT molecular complexity index is 410. The van der Waals surface area contributed by atoms with Gasteiger partial charge in [0.05, 0.1) is 18.3 Å². The van der Waals surface area contributed by atoms with E-state index in [9.17, 15) is 0 Å². The van der Waals surface area contributed by atoms with Crippen LogP contribution in [0.15, 0.2) is 23.2 Å². The molecule has 0 spiro atoms. The average molecular weight is 233 g/mol. The van der Waals surface area contributed by atoms with Crippen LogP contribution in [0.5, 0.6) is 5.75 Å². The third-order valence-corrected chi connectivity index (χ3v) is 2.95. The first-order valence-corrected chi connectivity index (χ1v) is 6.09. The van der Waals surface area contributed by atoms with Crippen LogP contribution in [0.3, 0.4) is 0 Å². The van der Waals surface area contributed by atoms with E-state index in [1.54, 1.807) is 0 Å². The van der Waals surface area contributed by atoms with E-state index in [1.165, 1.54) is 30.4 Å². The monoisotopic (exact) mass is 233 g/mol. The fourth-order valence-corrected chi connectivity index (χ4v) is 2.11. The number of fused-ring (bicyclic) bond motifs is 1. The van der Waals surface area contributed by atoms with Crippen molar-refractivity contribution >= 4 is 17.4 Å². The van der Waals surface area contributed by atoms with Gasteiger partial charge >= 0.3 is 0 Å². The van der Waals surface area contributed by atoms with Gasteiger partial charge in [-0.05, 0) is 54.7 Å². The molecule has 0 aromatic heterocycles. The van der Waals surface area contributed by atoms with Gasteiger partial charge in [0, 0.05) is 6.42 Å². The second-order valence-corrected chi connectivity index (χ2v) is 4.14. The molecule has 2 rings (SSSR count). The molecule has 0 fully saturated rings. The Morgan fingerprint density at radius 3 is 3.06 bits per heavy atom. The van der Waals surface area contributed by atoms with Gasteiger partial charge in [0.15, 0.2) is 0 Å². The van der Waals surface area contributed by atoms with Crippen LogP contribution < -0.4 is 4.74 Å². The standard InChI is InChI=1S/C13H15NOS/c16-10-14-7-2-8-15-13-6-5-11-3-1-4-12(11)9-13/h5-6,9H,1-4,7-8H2. The van der Waals surface area contributed by atoms with Gasteiger partial charge < -0.3 is 4.74 Å². The van der Waals surface area contributed by atoms with Crippen molar-refractivity contribution in [2.75, 3.05) is 13.2 Å². The average Bonchev–Trinajstić information content (AvgIpc) is 2.76. The first-order valence-electron chi connectivity index (χ1n) is 5.68. The summed E-state index contributed by atoms with van der Waals surface area (Å²) in [6.07, 6.45) is 4.59. The molecule has 1 aromatic rings. The number of ether oxygens (including phenoxy) is 1. The molecule has 0 amide bonds. The van der Waals surface area contributed by atoms with Gasteiger partial charge in [-0.3, -0.25) is 0 Å². The Kier molecular flexibility index (Phi) is 4.09. The van der Waals surface area contributed by atoms with Crippen molar-refractivity contribution in [3.8, 4) is 5.75 Å². The van der Waals surface area contributed by atoms with E-state index in [4.69, 9.17) is 4.74 Å². The second kappa shape index (κ2) is 5.78. The summed E-state index contributed by atoms with van der Waals surface area (Å²) in [5, 5.41) is 2.35. The summed E-state index contributed by atoms with van der Waals surface area (Å²) in [4.78, 5) is 3.85. The predicted molar refractivity (Wildman–Crippen MR) is 68.5 cm³/mol. The molecular formula is C13H15NOS. The number of aliphatic imine (C=N–C) groups is 1. The Morgan fingerprint density at radius 2 is 2.19 bits per heavy atom. The largest absolute Gasteiger partial charge is 0.494 e. The van der Waals surface area contributed by atoms with E-state index >= 15 is 0 Å². The second-order valence-electron chi connectivity index (χ2n) is 3.96. The maximum absolute atomic E-state index is 5.66. The number of hydrogen-bond donors (Lipinski definition) is 0. The van der Waals surface area contributed by atoms with E-state index in [1.807, 2.05) is 0 Å². The van der Waals surface area contributed by atoms with Crippen LogP contribution >= 0.6 is 12.2 Å². The molecule has 1 aromatic carbocycles. The van der Waals surface area contributed by atoms with Crippen molar-refractivity contribution in [2.45, 2.75) is 25.7 Å². The normalized spacial score (nSPS) is 13.0. The molecule has 0 bridgehead atoms. The highest BCUT2D eigenvalue weighted by Gasteiger charge is 2.10. The van der Waals surface area contributed by atoms with Gasteiger partial charge in [-0.25, -0.2) is 4.99 Å². The minimum atomic E-state index is 0.694. The Hall–Kier alpha value is -1.18. The fraction of sp³-hybridized carbons (Fsp3) is 0.462. The summed E-state index contributed by atoms with van der Waals surface area (Å²) < 4.78 is 5.66. The van der Waals surface area contributed by atoms with Crippen LogP contribution in [-0.4, -0.2) is 18.3 Å². The number of hydrogen-bond acceptors (Lipinski definition) is 3. The summed E-state index contributed by atoms with van der Waals surface area (Å²) in [5.41, 5.74) is 2.94. The fourth-order valence-electron chi connectivity index (χ4n) is 2.02. The molecule has 0 aliphatic heterocycles. The van der Waals surface area contributed by atoms with Crippen LogP contribution in [0, 0.1) is 0 Å². The van der Waals surface area contributed by atoms with Crippen molar-refractivity contribution in [1.82, 2.24) is 0 Å². The number of aryl methyl sites for hydroxylation is 2. The molecule has 84 valence electrons. The number of nitrogens with zero attached hydrogens (tertiary/aromatic N) is 1. The molecule has 1 aliphatic rings. The van der Waals surface area contributed by atoms with Crippen molar-refractivity contribution in [2.24, 2.45) is 4.99 Å². The van der Waals surface area contributed by atoms with Crippen LogP contribution in [-0.2, 0) is 12.8 Å². The minimum Gasteiger partial charge on any atom is -0.494 e. The highest BCUT2D eigenvalue weighted by atomic mass is 32.1. The van der Waals surface area contributed by atoms with Crippen LogP contribution in [0.25, 0.3) is 0 Å². The van der Waals surface area contributed by atoms with E-state index in [2.05, 4.69) is 40.6 Å². The molecule has 0 unspecified atom stereocenters. The third-order valence-electron chi connectivity index (χ3n) is 2.82. The van der Waals surface area contributed by atoms with Gasteiger partial charge in [-0.15, -0.1) is 0 Å².